The lowest BCUT2D eigenvalue weighted by molar-refractivity contribution is -0.913. The third kappa shape index (κ3) is 4.48. The van der Waals surface area contributed by atoms with E-state index in [0.717, 1.165) is 73.8 Å². The van der Waals surface area contributed by atoms with Crippen molar-refractivity contribution in [3.8, 4) is 0 Å². The van der Waals surface area contributed by atoms with Crippen LogP contribution in [0.3, 0.4) is 0 Å². The first-order valence-electron chi connectivity index (χ1n) is 11.2. The Hall–Kier alpha value is -1.92. The highest BCUT2D eigenvalue weighted by molar-refractivity contribution is 5.87. The summed E-state index contributed by atoms with van der Waals surface area (Å²) < 4.78 is 12.9. The predicted molar refractivity (Wildman–Crippen MR) is 112 cm³/mol. The van der Waals surface area contributed by atoms with Gasteiger partial charge in [-0.05, 0) is 45.0 Å². The van der Waals surface area contributed by atoms with E-state index in [2.05, 4.69) is 24.0 Å². The minimum atomic E-state index is -0.505. The van der Waals surface area contributed by atoms with E-state index in [4.69, 9.17) is 9.26 Å². The summed E-state index contributed by atoms with van der Waals surface area (Å²) in [5, 5.41) is 5.12. The van der Waals surface area contributed by atoms with E-state index in [9.17, 15) is 4.79 Å². The molecule has 158 valence electrons. The number of quaternary nitrogens is 1. The molecule has 6 nitrogen and oxygen atoms in total. The summed E-state index contributed by atoms with van der Waals surface area (Å²) in [7, 11) is 2.29. The quantitative estimate of drug-likeness (QED) is 0.562. The zero-order valence-electron chi connectivity index (χ0n) is 17.8. The number of benzene rings is 1. The molecule has 6 heteroatoms. The SMILES string of the molecule is CC[N+]1(C)CCC(OC(=O)C(c2onc3ccccc23)N2CCCCCC2)CC1. The summed E-state index contributed by atoms with van der Waals surface area (Å²) in [4.78, 5) is 15.7. The maximum atomic E-state index is 13.4. The first-order chi connectivity index (χ1) is 14.1. The number of fused-ring (bicyclic) bond motifs is 1. The van der Waals surface area contributed by atoms with Crippen LogP contribution in [0.15, 0.2) is 28.8 Å². The third-order valence-electron chi connectivity index (χ3n) is 6.92. The normalized spacial score (nSPS) is 27.4. The molecule has 0 radical (unpaired) electrons. The van der Waals surface area contributed by atoms with E-state index in [1.165, 1.54) is 12.8 Å². The summed E-state index contributed by atoms with van der Waals surface area (Å²) in [5.74, 6) is 0.462. The Kier molecular flexibility index (Phi) is 6.20. The van der Waals surface area contributed by atoms with E-state index in [0.29, 0.717) is 5.76 Å². The van der Waals surface area contributed by atoms with Gasteiger partial charge in [-0.15, -0.1) is 0 Å². The molecule has 0 bridgehead atoms. The molecule has 2 aromatic rings. The molecule has 0 spiro atoms. The number of aromatic nitrogens is 1. The van der Waals surface area contributed by atoms with Crippen LogP contribution in [0.1, 0.15) is 57.3 Å². The van der Waals surface area contributed by atoms with Crippen LogP contribution >= 0.6 is 0 Å². The molecule has 0 N–H and O–H groups in total. The molecule has 2 aliphatic heterocycles. The van der Waals surface area contributed by atoms with Gasteiger partial charge in [0.15, 0.2) is 11.8 Å². The lowest BCUT2D eigenvalue weighted by atomic mass is 10.0. The second kappa shape index (κ2) is 8.84. The van der Waals surface area contributed by atoms with Crippen molar-refractivity contribution in [2.24, 2.45) is 0 Å². The van der Waals surface area contributed by atoms with Crippen LogP contribution in [-0.2, 0) is 9.53 Å². The minimum absolute atomic E-state index is 0.00362. The molecule has 4 rings (SSSR count). The van der Waals surface area contributed by atoms with Gasteiger partial charge in [-0.3, -0.25) is 4.90 Å². The number of hydrogen-bond donors (Lipinski definition) is 0. The standard InChI is InChI=1S/C23H34N3O3/c1-3-26(2)16-12-18(13-17-26)28-23(27)21(25-14-8-4-5-9-15-25)22-19-10-6-7-11-20(19)24-29-22/h6-7,10-11,18,21H,3-5,8-9,12-17H2,1-2H3/q+1. The number of piperidine rings is 1. The van der Waals surface area contributed by atoms with Crippen LogP contribution in [-0.4, -0.2) is 66.4 Å². The Morgan fingerprint density at radius 3 is 2.59 bits per heavy atom. The molecule has 3 heterocycles. The van der Waals surface area contributed by atoms with Gasteiger partial charge in [-0.25, -0.2) is 4.79 Å². The van der Waals surface area contributed by atoms with Crippen molar-refractivity contribution in [1.29, 1.82) is 0 Å². The smallest absolute Gasteiger partial charge is 0.331 e. The number of carbonyl (C=O) groups is 1. The second-order valence-corrected chi connectivity index (χ2v) is 8.94. The van der Waals surface area contributed by atoms with Crippen molar-refractivity contribution in [3.63, 3.8) is 0 Å². The maximum absolute atomic E-state index is 13.4. The van der Waals surface area contributed by atoms with Crippen LogP contribution in [0.25, 0.3) is 10.9 Å². The zero-order chi connectivity index (χ0) is 20.3. The lowest BCUT2D eigenvalue weighted by Crippen LogP contribution is -2.51. The Balaban J connectivity index is 1.56. The molecule has 2 aliphatic rings. The van der Waals surface area contributed by atoms with E-state index in [1.54, 1.807) is 0 Å². The predicted octanol–water partition coefficient (Wildman–Crippen LogP) is 3.92. The van der Waals surface area contributed by atoms with E-state index in [-0.39, 0.29) is 12.1 Å². The lowest BCUT2D eigenvalue weighted by Gasteiger charge is -2.40. The largest absolute Gasteiger partial charge is 0.460 e. The number of carbonyl (C=O) groups excluding carboxylic acids is 1. The first-order valence-corrected chi connectivity index (χ1v) is 11.2. The summed E-state index contributed by atoms with van der Waals surface area (Å²) in [6.07, 6.45) is 6.50. The number of hydrogen-bond acceptors (Lipinski definition) is 5. The van der Waals surface area contributed by atoms with Crippen LogP contribution in [0, 0.1) is 0 Å². The Morgan fingerprint density at radius 1 is 1.21 bits per heavy atom. The molecule has 0 amide bonds. The van der Waals surface area contributed by atoms with Crippen LogP contribution in [0.4, 0.5) is 0 Å². The van der Waals surface area contributed by atoms with Gasteiger partial charge in [-0.2, -0.15) is 0 Å². The first kappa shape index (κ1) is 20.4. The summed E-state index contributed by atoms with van der Waals surface area (Å²) in [6, 6.07) is 7.33. The Labute approximate surface area is 173 Å². The fraction of sp³-hybridized carbons (Fsp3) is 0.652. The number of nitrogens with zero attached hydrogens (tertiary/aromatic N) is 3. The Bertz CT molecular complexity index is 818. The highest BCUT2D eigenvalue weighted by atomic mass is 16.5. The molecule has 2 saturated heterocycles. The number of likely N-dealkylation sites (tertiary alicyclic amines) is 2. The molecule has 1 unspecified atom stereocenters. The zero-order valence-corrected chi connectivity index (χ0v) is 17.8. The van der Waals surface area contributed by atoms with E-state index < -0.39 is 6.04 Å². The molecule has 1 aromatic heterocycles. The van der Waals surface area contributed by atoms with Crippen molar-refractivity contribution in [2.75, 3.05) is 39.8 Å². The van der Waals surface area contributed by atoms with Crippen molar-refractivity contribution >= 4 is 16.9 Å². The van der Waals surface area contributed by atoms with Gasteiger partial charge < -0.3 is 13.7 Å². The molecule has 0 saturated carbocycles. The van der Waals surface area contributed by atoms with E-state index in [1.807, 2.05) is 24.3 Å². The molecule has 29 heavy (non-hydrogen) atoms. The van der Waals surface area contributed by atoms with Gasteiger partial charge in [0.05, 0.1) is 26.7 Å². The topological polar surface area (TPSA) is 55.6 Å². The number of rotatable bonds is 5. The maximum Gasteiger partial charge on any atom is 0.331 e. The number of esters is 1. The number of ether oxygens (including phenoxy) is 1. The third-order valence-corrected chi connectivity index (χ3v) is 6.92. The van der Waals surface area contributed by atoms with Crippen LogP contribution < -0.4 is 0 Å². The fourth-order valence-electron chi connectivity index (χ4n) is 4.71. The van der Waals surface area contributed by atoms with Gasteiger partial charge in [0.1, 0.15) is 11.6 Å². The second-order valence-electron chi connectivity index (χ2n) is 8.94. The molecular weight excluding hydrogens is 366 g/mol. The summed E-state index contributed by atoms with van der Waals surface area (Å²) >= 11 is 0. The minimum Gasteiger partial charge on any atom is -0.460 e. The van der Waals surface area contributed by atoms with Crippen molar-refractivity contribution in [1.82, 2.24) is 10.1 Å². The van der Waals surface area contributed by atoms with Crippen LogP contribution in [0.2, 0.25) is 0 Å². The van der Waals surface area contributed by atoms with Gasteiger partial charge in [0, 0.05) is 18.2 Å². The van der Waals surface area contributed by atoms with Crippen molar-refractivity contribution in [2.45, 2.75) is 57.6 Å². The fourth-order valence-corrected chi connectivity index (χ4v) is 4.71. The average Bonchev–Trinajstić information content (AvgIpc) is 2.97. The van der Waals surface area contributed by atoms with Crippen LogP contribution in [0.5, 0.6) is 0 Å². The highest BCUT2D eigenvalue weighted by Gasteiger charge is 2.37. The average molecular weight is 401 g/mol. The van der Waals surface area contributed by atoms with E-state index >= 15 is 0 Å². The molecular formula is C23H34N3O3+. The summed E-state index contributed by atoms with van der Waals surface area (Å²) in [6.45, 7) is 7.27. The highest BCUT2D eigenvalue weighted by Crippen LogP contribution is 2.32. The molecule has 2 fully saturated rings. The van der Waals surface area contributed by atoms with Crippen molar-refractivity contribution in [3.05, 3.63) is 30.0 Å². The van der Waals surface area contributed by atoms with Gasteiger partial charge >= 0.3 is 5.97 Å². The van der Waals surface area contributed by atoms with Gasteiger partial charge in [0.25, 0.3) is 0 Å². The monoisotopic (exact) mass is 400 g/mol. The van der Waals surface area contributed by atoms with Gasteiger partial charge in [-0.1, -0.05) is 30.1 Å². The molecule has 1 atom stereocenters. The van der Waals surface area contributed by atoms with Gasteiger partial charge in [0.2, 0.25) is 0 Å². The Morgan fingerprint density at radius 2 is 1.90 bits per heavy atom. The molecule has 0 aliphatic carbocycles. The van der Waals surface area contributed by atoms with Crippen molar-refractivity contribution < 1.29 is 18.5 Å². The molecule has 1 aromatic carbocycles. The summed E-state index contributed by atoms with van der Waals surface area (Å²) in [5.41, 5.74) is 0.795.